The van der Waals surface area contributed by atoms with Crippen LogP contribution >= 0.6 is 0 Å². The maximum absolute atomic E-state index is 14.1. The van der Waals surface area contributed by atoms with Crippen molar-refractivity contribution >= 4 is 22.8 Å². The number of anilines is 1. The lowest BCUT2D eigenvalue weighted by molar-refractivity contribution is -0.138. The molecule has 0 saturated carbocycles. The van der Waals surface area contributed by atoms with E-state index in [1.807, 2.05) is 24.0 Å². The Bertz CT molecular complexity index is 1610. The molecule has 1 atom stereocenters. The lowest BCUT2D eigenvalue weighted by atomic mass is 9.96. The standard InChI is InChI=1S/C31H34F3N7O2/c1-3-39-10-12-40(13-11-39)18-21-4-5-23(15-26(21)31(32,33)34)38-30(42)41-17-20(2)28-22(19-41)14-24(16-37-28)43-27-7-9-36-29-25(27)6-8-35-29/h4-9,14-16,20H,3,10-13,17-19H2,1-2H3,(H,35,36)(H,38,42)/t20-/m1/s1. The van der Waals surface area contributed by atoms with E-state index in [0.717, 1.165) is 55.4 Å². The first-order valence-electron chi connectivity index (χ1n) is 14.5. The van der Waals surface area contributed by atoms with Gasteiger partial charge in [-0.3, -0.25) is 9.88 Å². The van der Waals surface area contributed by atoms with Gasteiger partial charge < -0.3 is 24.8 Å². The minimum atomic E-state index is -4.54. The molecule has 226 valence electrons. The second-order valence-corrected chi connectivity index (χ2v) is 11.2. The topological polar surface area (TPSA) is 89.6 Å². The SMILES string of the molecule is CCN1CCN(Cc2ccc(NC(=O)N3Cc4cc(Oc5ccnc6[nH]ccc56)cnc4[C@H](C)C3)cc2C(F)(F)F)CC1. The number of pyridine rings is 2. The lowest BCUT2D eigenvalue weighted by Gasteiger charge is -2.34. The van der Waals surface area contributed by atoms with E-state index in [-0.39, 0.29) is 30.3 Å². The fourth-order valence-electron chi connectivity index (χ4n) is 5.88. The summed E-state index contributed by atoms with van der Waals surface area (Å²) in [5.41, 5.74) is 1.98. The number of benzene rings is 1. The van der Waals surface area contributed by atoms with E-state index in [1.54, 1.807) is 35.6 Å². The van der Waals surface area contributed by atoms with E-state index in [9.17, 15) is 18.0 Å². The first kappa shape index (κ1) is 28.9. The number of hydrogen-bond donors (Lipinski definition) is 2. The molecule has 0 bridgehead atoms. The van der Waals surface area contributed by atoms with E-state index in [1.165, 1.54) is 6.07 Å². The van der Waals surface area contributed by atoms with Crippen LogP contribution in [0, 0.1) is 0 Å². The van der Waals surface area contributed by atoms with Crippen molar-refractivity contribution in [2.75, 3.05) is 44.6 Å². The third-order valence-corrected chi connectivity index (χ3v) is 8.21. The number of nitrogens with one attached hydrogen (secondary N) is 2. The average molecular weight is 594 g/mol. The minimum Gasteiger partial charge on any atom is -0.455 e. The molecule has 1 aromatic carbocycles. The molecule has 43 heavy (non-hydrogen) atoms. The highest BCUT2D eigenvalue weighted by atomic mass is 19.4. The molecule has 2 N–H and O–H groups in total. The number of fused-ring (bicyclic) bond motifs is 2. The van der Waals surface area contributed by atoms with Gasteiger partial charge in [-0.1, -0.05) is 19.9 Å². The molecule has 5 heterocycles. The minimum absolute atomic E-state index is 0.0675. The Kier molecular flexibility index (Phi) is 7.97. The molecule has 0 spiro atoms. The summed E-state index contributed by atoms with van der Waals surface area (Å²) in [7, 11) is 0. The number of aromatic nitrogens is 3. The van der Waals surface area contributed by atoms with Crippen LogP contribution in [-0.2, 0) is 19.3 Å². The van der Waals surface area contributed by atoms with Crippen molar-refractivity contribution < 1.29 is 22.7 Å². The molecule has 3 aromatic heterocycles. The number of carbonyl (C=O) groups is 1. The Hall–Kier alpha value is -4.16. The Morgan fingerprint density at radius 1 is 1.09 bits per heavy atom. The average Bonchev–Trinajstić information content (AvgIpc) is 3.48. The van der Waals surface area contributed by atoms with Gasteiger partial charge in [0.25, 0.3) is 0 Å². The van der Waals surface area contributed by atoms with Crippen LogP contribution in [0.5, 0.6) is 11.5 Å². The molecule has 4 aromatic rings. The van der Waals surface area contributed by atoms with E-state index in [4.69, 9.17) is 4.74 Å². The molecule has 12 heteroatoms. The van der Waals surface area contributed by atoms with Gasteiger partial charge in [-0.05, 0) is 48.0 Å². The third-order valence-electron chi connectivity index (χ3n) is 8.21. The zero-order valence-corrected chi connectivity index (χ0v) is 24.1. The van der Waals surface area contributed by atoms with Gasteiger partial charge in [-0.15, -0.1) is 0 Å². The van der Waals surface area contributed by atoms with Gasteiger partial charge in [-0.2, -0.15) is 13.2 Å². The Labute approximate surface area is 247 Å². The highest BCUT2D eigenvalue weighted by molar-refractivity contribution is 5.89. The number of piperazine rings is 1. The molecule has 1 fully saturated rings. The maximum Gasteiger partial charge on any atom is 0.416 e. The van der Waals surface area contributed by atoms with E-state index in [2.05, 4.69) is 32.1 Å². The smallest absolute Gasteiger partial charge is 0.416 e. The predicted octanol–water partition coefficient (Wildman–Crippen LogP) is 6.06. The van der Waals surface area contributed by atoms with Crippen LogP contribution in [0.3, 0.4) is 0 Å². The zero-order chi connectivity index (χ0) is 30.1. The summed E-state index contributed by atoms with van der Waals surface area (Å²) < 4.78 is 48.4. The number of nitrogens with zero attached hydrogens (tertiary/aromatic N) is 5. The molecular formula is C31H34F3N7O2. The molecule has 2 amide bonds. The number of carbonyl (C=O) groups excluding carboxylic acids is 1. The van der Waals surface area contributed by atoms with Crippen molar-refractivity contribution in [2.45, 2.75) is 39.0 Å². The molecule has 6 rings (SSSR count). The summed E-state index contributed by atoms with van der Waals surface area (Å²) in [5, 5.41) is 3.53. The molecular weight excluding hydrogens is 559 g/mol. The number of halogens is 3. The van der Waals surface area contributed by atoms with Crippen molar-refractivity contribution in [2.24, 2.45) is 0 Å². The van der Waals surface area contributed by atoms with Crippen molar-refractivity contribution in [3.05, 3.63) is 77.4 Å². The summed E-state index contributed by atoms with van der Waals surface area (Å²) in [5.74, 6) is 1.07. The number of alkyl halides is 3. The monoisotopic (exact) mass is 593 g/mol. The van der Waals surface area contributed by atoms with Gasteiger partial charge in [0.2, 0.25) is 0 Å². The van der Waals surface area contributed by atoms with E-state index < -0.39 is 17.8 Å². The number of amides is 2. The molecule has 1 saturated heterocycles. The summed E-state index contributed by atoms with van der Waals surface area (Å²) in [4.78, 5) is 31.1. The number of urea groups is 1. The van der Waals surface area contributed by atoms with Crippen LogP contribution in [-0.4, -0.2) is 75.0 Å². The number of H-pyrrole nitrogens is 1. The molecule has 9 nitrogen and oxygen atoms in total. The van der Waals surface area contributed by atoms with Crippen molar-refractivity contribution in [3.8, 4) is 11.5 Å². The number of rotatable bonds is 6. The molecule has 0 unspecified atom stereocenters. The van der Waals surface area contributed by atoms with Crippen LogP contribution in [0.4, 0.5) is 23.7 Å². The molecule has 0 aliphatic carbocycles. The fourth-order valence-corrected chi connectivity index (χ4v) is 5.88. The van der Waals surface area contributed by atoms with Gasteiger partial charge in [0.05, 0.1) is 22.8 Å². The second-order valence-electron chi connectivity index (χ2n) is 11.2. The summed E-state index contributed by atoms with van der Waals surface area (Å²) in [6, 6.07) is 9.11. The van der Waals surface area contributed by atoms with E-state index >= 15 is 0 Å². The maximum atomic E-state index is 14.1. The highest BCUT2D eigenvalue weighted by Gasteiger charge is 2.35. The summed E-state index contributed by atoms with van der Waals surface area (Å²) in [6.07, 6.45) is 0.558. The largest absolute Gasteiger partial charge is 0.455 e. The summed E-state index contributed by atoms with van der Waals surface area (Å²) >= 11 is 0. The van der Waals surface area contributed by atoms with Crippen LogP contribution < -0.4 is 10.1 Å². The number of likely N-dealkylation sites (N-methyl/N-ethyl adjacent to an activating group) is 1. The normalized spacial score (nSPS) is 18.1. The molecule has 2 aliphatic rings. The fraction of sp³-hybridized carbons (Fsp3) is 0.387. The van der Waals surface area contributed by atoms with Crippen LogP contribution in [0.1, 0.15) is 42.1 Å². The number of hydrogen-bond acceptors (Lipinski definition) is 6. The van der Waals surface area contributed by atoms with Crippen molar-refractivity contribution in [1.82, 2.24) is 29.7 Å². The zero-order valence-electron chi connectivity index (χ0n) is 24.1. The quantitative estimate of drug-likeness (QED) is 0.283. The van der Waals surface area contributed by atoms with Gasteiger partial charge in [0.15, 0.2) is 0 Å². The van der Waals surface area contributed by atoms with Gasteiger partial charge in [0, 0.05) is 69.8 Å². The molecule has 2 aliphatic heterocycles. The predicted molar refractivity (Wildman–Crippen MR) is 157 cm³/mol. The lowest BCUT2D eigenvalue weighted by Crippen LogP contribution is -2.45. The molecule has 0 radical (unpaired) electrons. The first-order valence-corrected chi connectivity index (χ1v) is 14.5. The van der Waals surface area contributed by atoms with Crippen molar-refractivity contribution in [3.63, 3.8) is 0 Å². The van der Waals surface area contributed by atoms with Crippen LogP contribution in [0.15, 0.2) is 55.0 Å². The Morgan fingerprint density at radius 2 is 1.88 bits per heavy atom. The van der Waals surface area contributed by atoms with Crippen LogP contribution in [0.2, 0.25) is 0 Å². The van der Waals surface area contributed by atoms with Gasteiger partial charge >= 0.3 is 12.2 Å². The summed E-state index contributed by atoms with van der Waals surface area (Å²) in [6.45, 7) is 8.96. The number of aromatic amines is 1. The number of ether oxygens (including phenoxy) is 1. The van der Waals surface area contributed by atoms with Gasteiger partial charge in [0.1, 0.15) is 17.1 Å². The first-order chi connectivity index (χ1) is 20.7. The Balaban J connectivity index is 1.16. The van der Waals surface area contributed by atoms with Gasteiger partial charge in [-0.25, -0.2) is 9.78 Å². The second kappa shape index (κ2) is 11.8. The van der Waals surface area contributed by atoms with Crippen LogP contribution in [0.25, 0.3) is 11.0 Å². The Morgan fingerprint density at radius 3 is 2.65 bits per heavy atom. The van der Waals surface area contributed by atoms with Crippen molar-refractivity contribution in [1.29, 1.82) is 0 Å². The highest BCUT2D eigenvalue weighted by Crippen LogP contribution is 2.36. The van der Waals surface area contributed by atoms with E-state index in [0.29, 0.717) is 23.7 Å². The third kappa shape index (κ3) is 6.30.